The first kappa shape index (κ1) is 16.8. The van der Waals surface area contributed by atoms with Gasteiger partial charge in [-0.1, -0.05) is 0 Å². The summed E-state index contributed by atoms with van der Waals surface area (Å²) in [7, 11) is 4.57. The lowest BCUT2D eigenvalue weighted by molar-refractivity contribution is -0.111. The van der Waals surface area contributed by atoms with Crippen molar-refractivity contribution < 1.29 is 19.0 Å². The Kier molecular flexibility index (Phi) is 4.90. The van der Waals surface area contributed by atoms with Gasteiger partial charge in [-0.25, -0.2) is 4.98 Å². The molecular formula is C17H17N3O4S. The van der Waals surface area contributed by atoms with Gasteiger partial charge in [0, 0.05) is 35.5 Å². The standard InChI is InChI=1S/C17H17N3O4S/c1-22-13-8-11(9-14(23-2)16(13)24-3)19-15(21)5-4-12-10-18-17-20(12)6-7-25-17/h4-10H,1-3H3,(H,19,21)/b5-4+. The Labute approximate surface area is 148 Å². The lowest BCUT2D eigenvalue weighted by Gasteiger charge is -2.14. The molecule has 0 spiro atoms. The summed E-state index contributed by atoms with van der Waals surface area (Å²) in [6.07, 6.45) is 6.78. The van der Waals surface area contributed by atoms with Crippen molar-refractivity contribution >= 4 is 34.0 Å². The number of fused-ring (bicyclic) bond motifs is 1. The number of thiazole rings is 1. The number of nitrogens with zero attached hydrogens (tertiary/aromatic N) is 2. The number of hydrogen-bond acceptors (Lipinski definition) is 6. The maximum absolute atomic E-state index is 12.2. The molecule has 3 rings (SSSR count). The summed E-state index contributed by atoms with van der Waals surface area (Å²) in [5.74, 6) is 1.13. The van der Waals surface area contributed by atoms with Crippen molar-refractivity contribution in [3.05, 3.63) is 41.7 Å². The zero-order chi connectivity index (χ0) is 17.8. The smallest absolute Gasteiger partial charge is 0.248 e. The Morgan fingerprint density at radius 1 is 1.20 bits per heavy atom. The van der Waals surface area contributed by atoms with Crippen LogP contribution in [0.2, 0.25) is 0 Å². The van der Waals surface area contributed by atoms with Crippen LogP contribution in [0.3, 0.4) is 0 Å². The number of methoxy groups -OCH3 is 3. The first-order valence-corrected chi connectivity index (χ1v) is 8.24. The van der Waals surface area contributed by atoms with Crippen LogP contribution in [0.15, 0.2) is 36.0 Å². The van der Waals surface area contributed by atoms with Gasteiger partial charge in [-0.3, -0.25) is 9.20 Å². The molecule has 1 N–H and O–H groups in total. The van der Waals surface area contributed by atoms with Gasteiger partial charge < -0.3 is 19.5 Å². The Bertz CT molecular complexity index is 904. The van der Waals surface area contributed by atoms with Gasteiger partial charge in [-0.05, 0) is 6.08 Å². The molecule has 0 aliphatic rings. The molecule has 0 atom stereocenters. The van der Waals surface area contributed by atoms with E-state index in [0.717, 1.165) is 10.7 Å². The molecule has 7 nitrogen and oxygen atoms in total. The lowest BCUT2D eigenvalue weighted by atomic mass is 10.2. The monoisotopic (exact) mass is 359 g/mol. The van der Waals surface area contributed by atoms with E-state index in [1.165, 1.54) is 38.7 Å². The van der Waals surface area contributed by atoms with Gasteiger partial charge in [0.1, 0.15) is 0 Å². The van der Waals surface area contributed by atoms with Crippen molar-refractivity contribution in [1.29, 1.82) is 0 Å². The highest BCUT2D eigenvalue weighted by atomic mass is 32.1. The van der Waals surface area contributed by atoms with Gasteiger partial charge in [0.25, 0.3) is 0 Å². The van der Waals surface area contributed by atoms with Crippen LogP contribution in [0.25, 0.3) is 11.0 Å². The van der Waals surface area contributed by atoms with Crippen LogP contribution < -0.4 is 19.5 Å². The van der Waals surface area contributed by atoms with Crippen molar-refractivity contribution in [3.63, 3.8) is 0 Å². The predicted octanol–water partition coefficient (Wildman–Crippen LogP) is 3.07. The van der Waals surface area contributed by atoms with Gasteiger partial charge in [-0.15, -0.1) is 11.3 Å². The molecule has 8 heteroatoms. The Balaban J connectivity index is 1.78. The number of hydrogen-bond donors (Lipinski definition) is 1. The van der Waals surface area contributed by atoms with Crippen molar-refractivity contribution in [1.82, 2.24) is 9.38 Å². The second kappa shape index (κ2) is 7.27. The van der Waals surface area contributed by atoms with Crippen molar-refractivity contribution in [2.45, 2.75) is 0 Å². The number of aromatic nitrogens is 2. The van der Waals surface area contributed by atoms with Gasteiger partial charge in [0.2, 0.25) is 11.7 Å². The molecule has 0 unspecified atom stereocenters. The molecule has 0 aliphatic heterocycles. The van der Waals surface area contributed by atoms with E-state index in [-0.39, 0.29) is 5.91 Å². The van der Waals surface area contributed by atoms with Crippen LogP contribution in [-0.4, -0.2) is 36.6 Å². The number of ether oxygens (including phenoxy) is 3. The van der Waals surface area contributed by atoms with Crippen molar-refractivity contribution in [2.75, 3.05) is 26.6 Å². The topological polar surface area (TPSA) is 74.1 Å². The average Bonchev–Trinajstić information content (AvgIpc) is 3.23. The summed E-state index contributed by atoms with van der Waals surface area (Å²) in [4.78, 5) is 17.3. The van der Waals surface area contributed by atoms with E-state index in [0.29, 0.717) is 22.9 Å². The van der Waals surface area contributed by atoms with Crippen LogP contribution >= 0.6 is 11.3 Å². The number of carbonyl (C=O) groups is 1. The maximum atomic E-state index is 12.2. The number of imidazole rings is 1. The number of carbonyl (C=O) groups excluding carboxylic acids is 1. The molecule has 2 aromatic heterocycles. The first-order chi connectivity index (χ1) is 12.2. The number of nitrogens with one attached hydrogen (secondary N) is 1. The van der Waals surface area contributed by atoms with Gasteiger partial charge >= 0.3 is 0 Å². The highest BCUT2D eigenvalue weighted by Gasteiger charge is 2.14. The van der Waals surface area contributed by atoms with E-state index >= 15 is 0 Å². The fourth-order valence-corrected chi connectivity index (χ4v) is 3.06. The summed E-state index contributed by atoms with van der Waals surface area (Å²) in [5.41, 5.74) is 1.37. The predicted molar refractivity (Wildman–Crippen MR) is 96.8 cm³/mol. The highest BCUT2D eigenvalue weighted by molar-refractivity contribution is 7.15. The molecule has 0 radical (unpaired) electrons. The van der Waals surface area contributed by atoms with E-state index in [9.17, 15) is 4.79 Å². The quantitative estimate of drug-likeness (QED) is 0.685. The van der Waals surface area contributed by atoms with E-state index < -0.39 is 0 Å². The Hall–Kier alpha value is -3.00. The van der Waals surface area contributed by atoms with E-state index in [1.54, 1.807) is 24.4 Å². The molecular weight excluding hydrogens is 342 g/mol. The highest BCUT2D eigenvalue weighted by Crippen LogP contribution is 2.39. The number of amides is 1. The van der Waals surface area contributed by atoms with Crippen LogP contribution in [0.4, 0.5) is 5.69 Å². The Morgan fingerprint density at radius 3 is 2.56 bits per heavy atom. The molecule has 0 bridgehead atoms. The normalized spacial score (nSPS) is 11.0. The molecule has 1 amide bonds. The van der Waals surface area contributed by atoms with Crippen molar-refractivity contribution in [3.8, 4) is 17.2 Å². The SMILES string of the molecule is COc1cc(NC(=O)/C=C/c2cnc3sccn23)cc(OC)c1OC. The second-order valence-electron chi connectivity index (χ2n) is 4.98. The minimum absolute atomic E-state index is 0.278. The second-order valence-corrected chi connectivity index (χ2v) is 5.85. The third kappa shape index (κ3) is 3.43. The van der Waals surface area contributed by atoms with Crippen LogP contribution in [0.1, 0.15) is 5.69 Å². The molecule has 25 heavy (non-hydrogen) atoms. The van der Waals surface area contributed by atoms with E-state index in [1.807, 2.05) is 16.0 Å². The molecule has 3 aromatic rings. The van der Waals surface area contributed by atoms with Crippen molar-refractivity contribution in [2.24, 2.45) is 0 Å². The first-order valence-electron chi connectivity index (χ1n) is 7.36. The van der Waals surface area contributed by atoms with E-state index in [2.05, 4.69) is 10.3 Å². The maximum Gasteiger partial charge on any atom is 0.248 e. The van der Waals surface area contributed by atoms with Gasteiger partial charge in [0.05, 0.1) is 33.2 Å². The number of rotatable bonds is 6. The molecule has 2 heterocycles. The zero-order valence-electron chi connectivity index (χ0n) is 14.0. The molecule has 0 saturated heterocycles. The number of anilines is 1. The molecule has 0 fully saturated rings. The summed E-state index contributed by atoms with van der Waals surface area (Å²) >= 11 is 1.53. The number of benzene rings is 1. The minimum Gasteiger partial charge on any atom is -0.493 e. The molecule has 0 aliphatic carbocycles. The molecule has 0 saturated carbocycles. The average molecular weight is 359 g/mol. The van der Waals surface area contributed by atoms with Crippen LogP contribution in [-0.2, 0) is 4.79 Å². The largest absolute Gasteiger partial charge is 0.493 e. The summed E-state index contributed by atoms with van der Waals surface area (Å²) in [6, 6.07) is 3.34. The lowest BCUT2D eigenvalue weighted by Crippen LogP contribution is -2.08. The van der Waals surface area contributed by atoms with Gasteiger partial charge in [0.15, 0.2) is 16.5 Å². The summed E-state index contributed by atoms with van der Waals surface area (Å²) < 4.78 is 17.7. The summed E-state index contributed by atoms with van der Waals surface area (Å²) in [5, 5.41) is 4.72. The van der Waals surface area contributed by atoms with E-state index in [4.69, 9.17) is 14.2 Å². The Morgan fingerprint density at radius 2 is 1.92 bits per heavy atom. The molecule has 1 aromatic carbocycles. The van der Waals surface area contributed by atoms with Crippen LogP contribution in [0.5, 0.6) is 17.2 Å². The fourth-order valence-electron chi connectivity index (χ4n) is 2.37. The molecule has 130 valence electrons. The minimum atomic E-state index is -0.278. The zero-order valence-corrected chi connectivity index (χ0v) is 14.8. The third-order valence-electron chi connectivity index (χ3n) is 3.51. The van der Waals surface area contributed by atoms with Crippen LogP contribution in [0, 0.1) is 0 Å². The third-order valence-corrected chi connectivity index (χ3v) is 4.28. The fraction of sp³-hybridized carbons (Fsp3) is 0.176. The van der Waals surface area contributed by atoms with Gasteiger partial charge in [-0.2, -0.15) is 0 Å². The summed E-state index contributed by atoms with van der Waals surface area (Å²) in [6.45, 7) is 0.